The number of hydrogen-bond donors (Lipinski definition) is 4. The van der Waals surface area contributed by atoms with E-state index < -0.39 is 5.97 Å². The summed E-state index contributed by atoms with van der Waals surface area (Å²) in [5, 5.41) is 23.3. The van der Waals surface area contributed by atoms with Crippen LogP contribution < -0.4 is 10.6 Å². The fourth-order valence-corrected chi connectivity index (χ4v) is 1.91. The SMILES string of the molecule is CC(=O)Nc1ccc(CC(CC(=O)O)NCCO)cc1. The van der Waals surface area contributed by atoms with E-state index in [1.54, 1.807) is 12.1 Å². The number of carbonyl (C=O) groups is 2. The average molecular weight is 280 g/mol. The van der Waals surface area contributed by atoms with Crippen molar-refractivity contribution in [2.45, 2.75) is 25.8 Å². The number of aliphatic hydroxyl groups is 1. The second-order valence-electron chi connectivity index (χ2n) is 4.55. The number of hydrogen-bond acceptors (Lipinski definition) is 4. The van der Waals surface area contributed by atoms with E-state index in [0.717, 1.165) is 5.56 Å². The fourth-order valence-electron chi connectivity index (χ4n) is 1.91. The van der Waals surface area contributed by atoms with Crippen molar-refractivity contribution in [2.75, 3.05) is 18.5 Å². The van der Waals surface area contributed by atoms with E-state index in [2.05, 4.69) is 10.6 Å². The molecule has 0 aliphatic heterocycles. The van der Waals surface area contributed by atoms with Gasteiger partial charge < -0.3 is 20.8 Å². The summed E-state index contributed by atoms with van der Waals surface area (Å²) in [6.07, 6.45) is 0.542. The van der Waals surface area contributed by atoms with E-state index >= 15 is 0 Å². The minimum atomic E-state index is -0.879. The maximum absolute atomic E-state index is 10.9. The Bertz CT molecular complexity index is 445. The smallest absolute Gasteiger partial charge is 0.304 e. The molecule has 20 heavy (non-hydrogen) atoms. The van der Waals surface area contributed by atoms with Gasteiger partial charge in [0, 0.05) is 25.2 Å². The molecule has 0 spiro atoms. The van der Waals surface area contributed by atoms with Crippen molar-refractivity contribution in [1.29, 1.82) is 0 Å². The highest BCUT2D eigenvalue weighted by Gasteiger charge is 2.13. The Kier molecular flexibility index (Phi) is 6.69. The molecule has 1 unspecified atom stereocenters. The highest BCUT2D eigenvalue weighted by Crippen LogP contribution is 2.12. The van der Waals surface area contributed by atoms with E-state index in [1.807, 2.05) is 12.1 Å². The summed E-state index contributed by atoms with van der Waals surface area (Å²) in [7, 11) is 0. The van der Waals surface area contributed by atoms with Crippen molar-refractivity contribution in [1.82, 2.24) is 5.32 Å². The Morgan fingerprint density at radius 2 is 1.90 bits per heavy atom. The molecular formula is C14H20N2O4. The van der Waals surface area contributed by atoms with Gasteiger partial charge in [0.15, 0.2) is 0 Å². The number of nitrogens with one attached hydrogen (secondary N) is 2. The lowest BCUT2D eigenvalue weighted by Gasteiger charge is -2.16. The quantitative estimate of drug-likeness (QED) is 0.559. The molecule has 1 aromatic rings. The topological polar surface area (TPSA) is 98.7 Å². The van der Waals surface area contributed by atoms with Gasteiger partial charge in [-0.25, -0.2) is 0 Å². The molecule has 0 aliphatic rings. The molecule has 0 heterocycles. The molecule has 1 aromatic carbocycles. The van der Waals surface area contributed by atoms with Gasteiger partial charge in [0.2, 0.25) is 5.91 Å². The van der Waals surface area contributed by atoms with Crippen LogP contribution in [0, 0.1) is 0 Å². The number of aliphatic hydroxyl groups excluding tert-OH is 1. The fraction of sp³-hybridized carbons (Fsp3) is 0.429. The number of benzene rings is 1. The normalized spacial score (nSPS) is 11.9. The number of amides is 1. The predicted octanol–water partition coefficient (Wildman–Crippen LogP) is 0.613. The summed E-state index contributed by atoms with van der Waals surface area (Å²) in [6.45, 7) is 1.77. The molecule has 1 rings (SSSR count). The molecule has 0 aromatic heterocycles. The molecule has 0 aliphatic carbocycles. The number of aliphatic carboxylic acids is 1. The Hall–Kier alpha value is -1.92. The van der Waals surface area contributed by atoms with Crippen molar-refractivity contribution in [2.24, 2.45) is 0 Å². The first kappa shape index (κ1) is 16.1. The van der Waals surface area contributed by atoms with E-state index in [4.69, 9.17) is 10.2 Å². The first-order valence-corrected chi connectivity index (χ1v) is 6.44. The molecule has 1 amide bonds. The lowest BCUT2D eigenvalue weighted by Crippen LogP contribution is -2.35. The third-order valence-corrected chi connectivity index (χ3v) is 2.72. The van der Waals surface area contributed by atoms with Crippen molar-refractivity contribution in [3.63, 3.8) is 0 Å². The highest BCUT2D eigenvalue weighted by molar-refractivity contribution is 5.88. The van der Waals surface area contributed by atoms with Crippen LogP contribution >= 0.6 is 0 Å². The zero-order valence-corrected chi connectivity index (χ0v) is 11.4. The van der Waals surface area contributed by atoms with Crippen LogP contribution in [0.2, 0.25) is 0 Å². The molecule has 0 fully saturated rings. The summed E-state index contributed by atoms with van der Waals surface area (Å²) < 4.78 is 0. The van der Waals surface area contributed by atoms with Crippen LogP contribution in [0.1, 0.15) is 18.9 Å². The summed E-state index contributed by atoms with van der Waals surface area (Å²) in [5.41, 5.74) is 1.68. The molecular weight excluding hydrogens is 260 g/mol. The maximum Gasteiger partial charge on any atom is 0.304 e. The third kappa shape index (κ3) is 6.31. The molecule has 0 saturated carbocycles. The first-order valence-electron chi connectivity index (χ1n) is 6.44. The molecule has 110 valence electrons. The summed E-state index contributed by atoms with van der Waals surface area (Å²) >= 11 is 0. The van der Waals surface area contributed by atoms with Crippen LogP contribution in [-0.4, -0.2) is 41.3 Å². The van der Waals surface area contributed by atoms with Gasteiger partial charge in [-0.05, 0) is 24.1 Å². The monoisotopic (exact) mass is 280 g/mol. The Morgan fingerprint density at radius 3 is 2.40 bits per heavy atom. The van der Waals surface area contributed by atoms with Gasteiger partial charge in [-0.3, -0.25) is 9.59 Å². The van der Waals surface area contributed by atoms with Crippen molar-refractivity contribution in [3.8, 4) is 0 Å². The molecule has 6 nitrogen and oxygen atoms in total. The molecule has 0 radical (unpaired) electrons. The summed E-state index contributed by atoms with van der Waals surface area (Å²) in [5.74, 6) is -1.01. The standard InChI is InChI=1S/C14H20N2O4/c1-10(18)16-12-4-2-11(3-5-12)8-13(9-14(19)20)15-6-7-17/h2-5,13,15,17H,6-9H2,1H3,(H,16,18)(H,19,20). The Morgan fingerprint density at radius 1 is 1.25 bits per heavy atom. The van der Waals surface area contributed by atoms with Gasteiger partial charge in [0.25, 0.3) is 0 Å². The number of carboxylic acids is 1. The van der Waals surface area contributed by atoms with Crippen LogP contribution in [0.15, 0.2) is 24.3 Å². The lowest BCUT2D eigenvalue weighted by molar-refractivity contribution is -0.137. The van der Waals surface area contributed by atoms with Crippen LogP contribution in [0.4, 0.5) is 5.69 Å². The molecule has 0 saturated heterocycles. The van der Waals surface area contributed by atoms with Crippen molar-refractivity contribution >= 4 is 17.6 Å². The molecule has 1 atom stereocenters. The van der Waals surface area contributed by atoms with Crippen LogP contribution in [-0.2, 0) is 16.0 Å². The summed E-state index contributed by atoms with van der Waals surface area (Å²) in [6, 6.07) is 7.02. The zero-order chi connectivity index (χ0) is 15.0. The van der Waals surface area contributed by atoms with E-state index in [9.17, 15) is 9.59 Å². The number of carbonyl (C=O) groups excluding carboxylic acids is 1. The zero-order valence-electron chi connectivity index (χ0n) is 11.4. The van der Waals surface area contributed by atoms with Crippen LogP contribution in [0.5, 0.6) is 0 Å². The minimum absolute atomic E-state index is 0.00650. The van der Waals surface area contributed by atoms with E-state index in [0.29, 0.717) is 18.7 Å². The van der Waals surface area contributed by atoms with Gasteiger partial charge in [-0.1, -0.05) is 12.1 Å². The third-order valence-electron chi connectivity index (χ3n) is 2.72. The van der Waals surface area contributed by atoms with Crippen molar-refractivity contribution < 1.29 is 19.8 Å². The Balaban J connectivity index is 2.62. The summed E-state index contributed by atoms with van der Waals surface area (Å²) in [4.78, 5) is 21.7. The molecule has 4 N–H and O–H groups in total. The average Bonchev–Trinajstić information content (AvgIpc) is 2.37. The van der Waals surface area contributed by atoms with Gasteiger partial charge >= 0.3 is 5.97 Å². The van der Waals surface area contributed by atoms with E-state index in [-0.39, 0.29) is 25.0 Å². The Labute approximate surface area is 117 Å². The minimum Gasteiger partial charge on any atom is -0.481 e. The molecule has 0 bridgehead atoms. The van der Waals surface area contributed by atoms with E-state index in [1.165, 1.54) is 6.92 Å². The van der Waals surface area contributed by atoms with Gasteiger partial charge in [-0.2, -0.15) is 0 Å². The lowest BCUT2D eigenvalue weighted by atomic mass is 10.0. The molecule has 6 heteroatoms. The second-order valence-corrected chi connectivity index (χ2v) is 4.55. The first-order chi connectivity index (χ1) is 9.51. The largest absolute Gasteiger partial charge is 0.481 e. The van der Waals surface area contributed by atoms with Gasteiger partial charge in [0.1, 0.15) is 0 Å². The maximum atomic E-state index is 10.9. The van der Waals surface area contributed by atoms with Gasteiger partial charge in [0.05, 0.1) is 13.0 Å². The highest BCUT2D eigenvalue weighted by atomic mass is 16.4. The number of rotatable bonds is 8. The van der Waals surface area contributed by atoms with Gasteiger partial charge in [-0.15, -0.1) is 0 Å². The van der Waals surface area contributed by atoms with Crippen LogP contribution in [0.25, 0.3) is 0 Å². The predicted molar refractivity (Wildman–Crippen MR) is 75.6 cm³/mol. The number of anilines is 1. The second kappa shape index (κ2) is 8.29. The number of carboxylic acid groups (broad SMARTS) is 1. The van der Waals surface area contributed by atoms with Crippen LogP contribution in [0.3, 0.4) is 0 Å². The van der Waals surface area contributed by atoms with Crippen molar-refractivity contribution in [3.05, 3.63) is 29.8 Å².